The summed E-state index contributed by atoms with van der Waals surface area (Å²) >= 11 is 15.4. The Hall–Kier alpha value is -3.15. The van der Waals surface area contributed by atoms with Crippen molar-refractivity contribution in [3.8, 4) is 17.3 Å². The van der Waals surface area contributed by atoms with E-state index in [0.717, 1.165) is 30.3 Å². The SMILES string of the molecule is O=C(c1csc(CSc2nnc(-c3ccco3)n2-c2ccc(Cl)c(Cl)c2)n1)N1CCN(Cc2ccccc2)CC1. The van der Waals surface area contributed by atoms with E-state index < -0.39 is 0 Å². The molecule has 0 radical (unpaired) electrons. The van der Waals surface area contributed by atoms with Gasteiger partial charge < -0.3 is 9.32 Å². The van der Waals surface area contributed by atoms with Gasteiger partial charge in [-0.1, -0.05) is 65.3 Å². The molecule has 12 heteroatoms. The summed E-state index contributed by atoms with van der Waals surface area (Å²) < 4.78 is 7.46. The van der Waals surface area contributed by atoms with Gasteiger partial charge in [-0.2, -0.15) is 0 Å². The molecule has 204 valence electrons. The van der Waals surface area contributed by atoms with Gasteiger partial charge in [-0.15, -0.1) is 21.5 Å². The number of thiazole rings is 1. The quantitative estimate of drug-likeness (QED) is 0.184. The van der Waals surface area contributed by atoms with Crippen molar-refractivity contribution in [2.45, 2.75) is 17.5 Å². The molecular formula is C28H24Cl2N6O2S2. The summed E-state index contributed by atoms with van der Waals surface area (Å²) in [5.41, 5.74) is 2.53. The van der Waals surface area contributed by atoms with Gasteiger partial charge in [-0.25, -0.2) is 4.98 Å². The zero-order chi connectivity index (χ0) is 27.5. The number of thioether (sulfide) groups is 1. The van der Waals surface area contributed by atoms with E-state index in [4.69, 9.17) is 27.6 Å². The van der Waals surface area contributed by atoms with E-state index >= 15 is 0 Å². The molecule has 40 heavy (non-hydrogen) atoms. The number of aromatic nitrogens is 4. The van der Waals surface area contributed by atoms with Gasteiger partial charge in [0.2, 0.25) is 5.82 Å². The van der Waals surface area contributed by atoms with Gasteiger partial charge in [0.1, 0.15) is 10.7 Å². The molecule has 1 saturated heterocycles. The van der Waals surface area contributed by atoms with Crippen molar-refractivity contribution in [2.24, 2.45) is 0 Å². The molecule has 0 saturated carbocycles. The highest BCUT2D eigenvalue weighted by Crippen LogP contribution is 2.33. The number of amides is 1. The highest BCUT2D eigenvalue weighted by Gasteiger charge is 2.24. The maximum Gasteiger partial charge on any atom is 0.273 e. The van der Waals surface area contributed by atoms with Crippen molar-refractivity contribution >= 4 is 52.2 Å². The molecule has 0 bridgehead atoms. The summed E-state index contributed by atoms with van der Waals surface area (Å²) in [6, 6.07) is 19.4. The number of piperazine rings is 1. The van der Waals surface area contributed by atoms with E-state index in [9.17, 15) is 4.79 Å². The van der Waals surface area contributed by atoms with Crippen molar-refractivity contribution in [2.75, 3.05) is 26.2 Å². The van der Waals surface area contributed by atoms with E-state index in [-0.39, 0.29) is 5.91 Å². The number of nitrogens with zero attached hydrogens (tertiary/aromatic N) is 6. The lowest BCUT2D eigenvalue weighted by Gasteiger charge is -2.34. The molecule has 1 fully saturated rings. The molecule has 0 spiro atoms. The van der Waals surface area contributed by atoms with E-state index in [0.29, 0.717) is 51.3 Å². The second-order valence-corrected chi connectivity index (χ2v) is 11.9. The van der Waals surface area contributed by atoms with Crippen LogP contribution in [0.15, 0.2) is 81.9 Å². The van der Waals surface area contributed by atoms with Crippen LogP contribution in [0.1, 0.15) is 21.1 Å². The summed E-state index contributed by atoms with van der Waals surface area (Å²) in [4.78, 5) is 22.1. The molecule has 0 aliphatic carbocycles. The molecule has 1 aliphatic rings. The van der Waals surface area contributed by atoms with Crippen molar-refractivity contribution in [3.63, 3.8) is 0 Å². The maximum absolute atomic E-state index is 13.2. The highest BCUT2D eigenvalue weighted by molar-refractivity contribution is 7.98. The van der Waals surface area contributed by atoms with Crippen LogP contribution >= 0.6 is 46.3 Å². The summed E-state index contributed by atoms with van der Waals surface area (Å²) in [5, 5.41) is 13.0. The average Bonchev–Trinajstić information content (AvgIpc) is 3.75. The second-order valence-electron chi connectivity index (χ2n) is 9.19. The number of furan rings is 1. The Kier molecular flexibility index (Phi) is 8.22. The van der Waals surface area contributed by atoms with Crippen LogP contribution in [0.25, 0.3) is 17.3 Å². The lowest BCUT2D eigenvalue weighted by molar-refractivity contribution is 0.0623. The summed E-state index contributed by atoms with van der Waals surface area (Å²) in [5.74, 6) is 1.63. The Morgan fingerprint density at radius 3 is 2.55 bits per heavy atom. The monoisotopic (exact) mass is 610 g/mol. The van der Waals surface area contributed by atoms with E-state index in [2.05, 4.69) is 44.3 Å². The van der Waals surface area contributed by atoms with Crippen LogP contribution in [0.4, 0.5) is 0 Å². The minimum absolute atomic E-state index is 0.0223. The van der Waals surface area contributed by atoms with E-state index in [1.54, 1.807) is 24.5 Å². The fraction of sp³-hybridized carbons (Fsp3) is 0.214. The molecule has 3 aromatic heterocycles. The standard InChI is InChI=1S/C28H24Cl2N6O2S2/c29-21-9-8-20(15-22(21)30)36-26(24-7-4-14-38-24)32-33-28(36)40-18-25-31-23(17-39-25)27(37)35-12-10-34(11-13-35)16-19-5-2-1-3-6-19/h1-9,14-15,17H,10-13,16,18H2. The third-order valence-electron chi connectivity index (χ3n) is 6.54. The molecular weight excluding hydrogens is 587 g/mol. The largest absolute Gasteiger partial charge is 0.461 e. The first-order chi connectivity index (χ1) is 19.5. The Morgan fingerprint density at radius 1 is 0.975 bits per heavy atom. The fourth-order valence-electron chi connectivity index (χ4n) is 4.50. The lowest BCUT2D eigenvalue weighted by Crippen LogP contribution is -2.48. The Morgan fingerprint density at radius 2 is 1.80 bits per heavy atom. The van der Waals surface area contributed by atoms with Crippen LogP contribution < -0.4 is 0 Å². The van der Waals surface area contributed by atoms with Crippen LogP contribution in [0.5, 0.6) is 0 Å². The van der Waals surface area contributed by atoms with Crippen molar-refractivity contribution in [3.05, 3.63) is 98.6 Å². The number of carbonyl (C=O) groups is 1. The van der Waals surface area contributed by atoms with Crippen molar-refractivity contribution in [1.29, 1.82) is 0 Å². The highest BCUT2D eigenvalue weighted by atomic mass is 35.5. The third kappa shape index (κ3) is 5.96. The van der Waals surface area contributed by atoms with Crippen LogP contribution in [-0.2, 0) is 12.3 Å². The van der Waals surface area contributed by atoms with Gasteiger partial charge in [0.25, 0.3) is 5.91 Å². The summed E-state index contributed by atoms with van der Waals surface area (Å²) in [6.07, 6.45) is 1.59. The molecule has 0 N–H and O–H groups in total. The molecule has 0 unspecified atom stereocenters. The molecule has 8 nitrogen and oxygen atoms in total. The first-order valence-electron chi connectivity index (χ1n) is 12.6. The predicted molar refractivity (Wildman–Crippen MR) is 158 cm³/mol. The van der Waals surface area contributed by atoms with Crippen LogP contribution in [0.2, 0.25) is 10.0 Å². The topological polar surface area (TPSA) is 80.3 Å². The second kappa shape index (κ2) is 12.2. The molecule has 4 heterocycles. The minimum atomic E-state index is -0.0223. The Bertz CT molecular complexity index is 1600. The van der Waals surface area contributed by atoms with Gasteiger partial charge in [0, 0.05) is 38.1 Å². The Balaban J connectivity index is 1.12. The molecule has 1 amide bonds. The van der Waals surface area contributed by atoms with Crippen molar-refractivity contribution < 1.29 is 9.21 Å². The van der Waals surface area contributed by atoms with Crippen LogP contribution in [0.3, 0.4) is 0 Å². The van der Waals surface area contributed by atoms with Crippen LogP contribution in [0, 0.1) is 0 Å². The maximum atomic E-state index is 13.2. The first kappa shape index (κ1) is 27.0. The first-order valence-corrected chi connectivity index (χ1v) is 15.2. The van der Waals surface area contributed by atoms with Gasteiger partial charge in [0.05, 0.1) is 27.7 Å². The fourth-order valence-corrected chi connectivity index (χ4v) is 6.53. The van der Waals surface area contributed by atoms with Crippen LogP contribution in [-0.4, -0.2) is 61.6 Å². The predicted octanol–water partition coefficient (Wildman–Crippen LogP) is 6.54. The van der Waals surface area contributed by atoms with Gasteiger partial charge in [0.15, 0.2) is 10.9 Å². The number of carbonyl (C=O) groups excluding carboxylic acids is 1. The van der Waals surface area contributed by atoms with Crippen molar-refractivity contribution in [1.82, 2.24) is 29.5 Å². The average molecular weight is 612 g/mol. The molecule has 0 atom stereocenters. The smallest absolute Gasteiger partial charge is 0.273 e. The third-order valence-corrected chi connectivity index (χ3v) is 9.25. The molecule has 6 rings (SSSR count). The van der Waals surface area contributed by atoms with Gasteiger partial charge >= 0.3 is 0 Å². The molecule has 1 aliphatic heterocycles. The van der Waals surface area contributed by atoms with Gasteiger partial charge in [-0.05, 0) is 35.9 Å². The number of hydrogen-bond donors (Lipinski definition) is 0. The number of halogens is 2. The zero-order valence-corrected chi connectivity index (χ0v) is 24.4. The zero-order valence-electron chi connectivity index (χ0n) is 21.2. The normalized spacial score (nSPS) is 14.1. The summed E-state index contributed by atoms with van der Waals surface area (Å²) in [6.45, 7) is 3.96. The van der Waals surface area contributed by atoms with E-state index in [1.807, 2.05) is 33.0 Å². The Labute approximate surface area is 249 Å². The summed E-state index contributed by atoms with van der Waals surface area (Å²) in [7, 11) is 0. The minimum Gasteiger partial charge on any atom is -0.461 e. The number of hydrogen-bond acceptors (Lipinski definition) is 8. The molecule has 5 aromatic rings. The number of rotatable bonds is 8. The van der Waals surface area contributed by atoms with Gasteiger partial charge in [-0.3, -0.25) is 14.3 Å². The number of benzene rings is 2. The lowest BCUT2D eigenvalue weighted by atomic mass is 10.2. The van der Waals surface area contributed by atoms with E-state index in [1.165, 1.54) is 28.7 Å². The molecule has 2 aromatic carbocycles.